The summed E-state index contributed by atoms with van der Waals surface area (Å²) in [5, 5.41) is 11.3. The van der Waals surface area contributed by atoms with E-state index in [-0.39, 0.29) is 11.8 Å². The molecule has 0 aromatic carbocycles. The monoisotopic (exact) mass is 293 g/mol. The molecule has 0 aliphatic carbocycles. The third-order valence-corrected chi connectivity index (χ3v) is 3.97. The molecule has 0 saturated heterocycles. The lowest BCUT2D eigenvalue weighted by molar-refractivity contribution is 0.0947. The molecular formula is C14H19N3O2S. The van der Waals surface area contributed by atoms with E-state index in [0.717, 1.165) is 0 Å². The summed E-state index contributed by atoms with van der Waals surface area (Å²) in [7, 11) is 3.30. The molecule has 0 fully saturated rings. The number of aryl methyl sites for hydroxylation is 2. The minimum Gasteiger partial charge on any atom is -0.481 e. The van der Waals surface area contributed by atoms with Crippen molar-refractivity contribution in [1.29, 1.82) is 0 Å². The van der Waals surface area contributed by atoms with E-state index in [4.69, 9.17) is 4.74 Å². The second kappa shape index (κ2) is 6.09. The summed E-state index contributed by atoms with van der Waals surface area (Å²) in [6.07, 6.45) is 0. The van der Waals surface area contributed by atoms with Crippen LogP contribution in [0.1, 0.15) is 34.5 Å². The predicted molar refractivity (Wildman–Crippen MR) is 79.6 cm³/mol. The number of amides is 1. The largest absolute Gasteiger partial charge is 0.481 e. The van der Waals surface area contributed by atoms with Crippen LogP contribution in [0, 0.1) is 6.92 Å². The summed E-state index contributed by atoms with van der Waals surface area (Å²) in [6.45, 7) is 4.49. The molecule has 5 nitrogen and oxygen atoms in total. The molecule has 0 aliphatic rings. The van der Waals surface area contributed by atoms with Crippen molar-refractivity contribution in [2.75, 3.05) is 13.7 Å². The van der Waals surface area contributed by atoms with E-state index in [2.05, 4.69) is 28.8 Å². The Kier molecular flexibility index (Phi) is 4.44. The molecule has 2 aromatic rings. The quantitative estimate of drug-likeness (QED) is 0.920. The van der Waals surface area contributed by atoms with Gasteiger partial charge in [0.25, 0.3) is 5.91 Å². The van der Waals surface area contributed by atoms with Gasteiger partial charge in [-0.1, -0.05) is 6.92 Å². The molecule has 20 heavy (non-hydrogen) atoms. The Bertz CT molecular complexity index is 590. The molecule has 2 aromatic heterocycles. The Morgan fingerprint density at radius 1 is 1.60 bits per heavy atom. The number of aromatic nitrogens is 2. The first kappa shape index (κ1) is 14.6. The van der Waals surface area contributed by atoms with E-state index in [1.807, 2.05) is 5.38 Å². The maximum atomic E-state index is 12.3. The summed E-state index contributed by atoms with van der Waals surface area (Å²) in [5.41, 5.74) is 2.42. The van der Waals surface area contributed by atoms with Crippen molar-refractivity contribution >= 4 is 17.2 Å². The molecule has 0 unspecified atom stereocenters. The Hall–Kier alpha value is -1.82. The van der Waals surface area contributed by atoms with Gasteiger partial charge in [0.2, 0.25) is 5.88 Å². The van der Waals surface area contributed by atoms with Gasteiger partial charge in [0.1, 0.15) is 5.56 Å². The van der Waals surface area contributed by atoms with Gasteiger partial charge in [0.05, 0.1) is 12.8 Å². The van der Waals surface area contributed by atoms with E-state index in [0.29, 0.717) is 23.7 Å². The average molecular weight is 293 g/mol. The van der Waals surface area contributed by atoms with Crippen molar-refractivity contribution in [2.45, 2.75) is 19.8 Å². The highest BCUT2D eigenvalue weighted by atomic mass is 32.1. The molecule has 6 heteroatoms. The average Bonchev–Trinajstić information content (AvgIpc) is 3.03. The van der Waals surface area contributed by atoms with E-state index >= 15 is 0 Å². The maximum Gasteiger partial charge on any atom is 0.258 e. The molecule has 0 bridgehead atoms. The number of ether oxygens (including phenoxy) is 1. The normalized spacial score (nSPS) is 12.2. The molecule has 1 amide bonds. The van der Waals surface area contributed by atoms with Crippen LogP contribution in [0.5, 0.6) is 5.88 Å². The van der Waals surface area contributed by atoms with E-state index in [9.17, 15) is 4.79 Å². The fourth-order valence-electron chi connectivity index (χ4n) is 2.14. The van der Waals surface area contributed by atoms with Crippen LogP contribution in [0.15, 0.2) is 16.8 Å². The highest BCUT2D eigenvalue weighted by molar-refractivity contribution is 7.07. The van der Waals surface area contributed by atoms with E-state index in [1.165, 1.54) is 5.56 Å². The molecule has 2 heterocycles. The molecule has 1 N–H and O–H groups in total. The third kappa shape index (κ3) is 2.85. The standard InChI is InChI=1S/C14H19N3O2S/c1-9(11-5-6-20-8-11)7-15-13(18)12-10(2)16-17(3)14(12)19-4/h5-6,8-9H,7H2,1-4H3,(H,15,18)/t9-/m0/s1. The molecule has 0 saturated carbocycles. The van der Waals surface area contributed by atoms with Crippen molar-refractivity contribution in [2.24, 2.45) is 7.05 Å². The summed E-state index contributed by atoms with van der Waals surface area (Å²) in [5.74, 6) is 0.630. The van der Waals surface area contributed by atoms with Crippen LogP contribution in [0.3, 0.4) is 0 Å². The summed E-state index contributed by atoms with van der Waals surface area (Å²) in [6, 6.07) is 2.08. The van der Waals surface area contributed by atoms with Crippen molar-refractivity contribution in [3.05, 3.63) is 33.6 Å². The predicted octanol–water partition coefficient (Wildman–Crippen LogP) is 2.33. The second-order valence-corrected chi connectivity index (χ2v) is 5.54. The van der Waals surface area contributed by atoms with Crippen molar-refractivity contribution in [3.63, 3.8) is 0 Å². The topological polar surface area (TPSA) is 56.1 Å². The Labute approximate surface area is 122 Å². The van der Waals surface area contributed by atoms with Gasteiger partial charge < -0.3 is 10.1 Å². The van der Waals surface area contributed by atoms with Crippen LogP contribution in [0.2, 0.25) is 0 Å². The number of nitrogens with zero attached hydrogens (tertiary/aromatic N) is 2. The van der Waals surface area contributed by atoms with Gasteiger partial charge in [0, 0.05) is 13.6 Å². The Balaban J connectivity index is 2.06. The fraction of sp³-hybridized carbons (Fsp3) is 0.429. The number of rotatable bonds is 5. The van der Waals surface area contributed by atoms with Crippen LogP contribution in [-0.2, 0) is 7.05 Å². The van der Waals surface area contributed by atoms with Crippen LogP contribution in [0.25, 0.3) is 0 Å². The SMILES string of the molecule is COc1c(C(=O)NC[C@H](C)c2ccsc2)c(C)nn1C. The Morgan fingerprint density at radius 3 is 2.95 bits per heavy atom. The zero-order valence-electron chi connectivity index (χ0n) is 12.1. The first-order valence-electron chi connectivity index (χ1n) is 6.42. The maximum absolute atomic E-state index is 12.3. The Morgan fingerprint density at radius 2 is 2.35 bits per heavy atom. The molecule has 2 rings (SSSR count). The number of thiophene rings is 1. The number of carbonyl (C=O) groups excluding carboxylic acids is 1. The van der Waals surface area contributed by atoms with E-state index in [1.54, 1.807) is 37.1 Å². The molecule has 0 radical (unpaired) electrons. The summed E-state index contributed by atoms with van der Waals surface area (Å²) < 4.78 is 6.81. The number of hydrogen-bond donors (Lipinski definition) is 1. The number of methoxy groups -OCH3 is 1. The molecule has 1 atom stereocenters. The minimum absolute atomic E-state index is 0.144. The number of carbonyl (C=O) groups is 1. The van der Waals surface area contributed by atoms with Crippen LogP contribution < -0.4 is 10.1 Å². The lowest BCUT2D eigenvalue weighted by atomic mass is 10.1. The van der Waals surface area contributed by atoms with Crippen molar-refractivity contribution in [3.8, 4) is 5.88 Å². The third-order valence-electron chi connectivity index (χ3n) is 3.27. The summed E-state index contributed by atoms with van der Waals surface area (Å²) in [4.78, 5) is 12.3. The molecular weight excluding hydrogens is 274 g/mol. The van der Waals surface area contributed by atoms with Gasteiger partial charge in [-0.15, -0.1) is 0 Å². The van der Waals surface area contributed by atoms with Gasteiger partial charge in [-0.3, -0.25) is 4.79 Å². The zero-order chi connectivity index (χ0) is 14.7. The fourth-order valence-corrected chi connectivity index (χ4v) is 2.92. The second-order valence-electron chi connectivity index (χ2n) is 4.76. The number of nitrogens with one attached hydrogen (secondary N) is 1. The van der Waals surface area contributed by atoms with Crippen LogP contribution >= 0.6 is 11.3 Å². The lowest BCUT2D eigenvalue weighted by Crippen LogP contribution is -2.28. The molecule has 0 spiro atoms. The van der Waals surface area contributed by atoms with Crippen molar-refractivity contribution < 1.29 is 9.53 Å². The zero-order valence-corrected chi connectivity index (χ0v) is 13.0. The van der Waals surface area contributed by atoms with E-state index < -0.39 is 0 Å². The van der Waals surface area contributed by atoms with Gasteiger partial charge in [-0.05, 0) is 35.2 Å². The molecule has 108 valence electrons. The van der Waals surface area contributed by atoms with Crippen LogP contribution in [-0.4, -0.2) is 29.3 Å². The minimum atomic E-state index is -0.144. The molecule has 0 aliphatic heterocycles. The van der Waals surface area contributed by atoms with Gasteiger partial charge in [0.15, 0.2) is 0 Å². The first-order valence-corrected chi connectivity index (χ1v) is 7.36. The van der Waals surface area contributed by atoms with Gasteiger partial charge in [-0.25, -0.2) is 4.68 Å². The van der Waals surface area contributed by atoms with Gasteiger partial charge in [-0.2, -0.15) is 16.4 Å². The van der Waals surface area contributed by atoms with Gasteiger partial charge >= 0.3 is 0 Å². The number of hydrogen-bond acceptors (Lipinski definition) is 4. The highest BCUT2D eigenvalue weighted by Gasteiger charge is 2.21. The lowest BCUT2D eigenvalue weighted by Gasteiger charge is -2.11. The smallest absolute Gasteiger partial charge is 0.258 e. The van der Waals surface area contributed by atoms with Crippen LogP contribution in [0.4, 0.5) is 0 Å². The first-order chi connectivity index (χ1) is 9.54. The van der Waals surface area contributed by atoms with Crippen molar-refractivity contribution in [1.82, 2.24) is 15.1 Å². The summed E-state index contributed by atoms with van der Waals surface area (Å²) >= 11 is 1.66. The highest BCUT2D eigenvalue weighted by Crippen LogP contribution is 2.21.